The molecule has 0 saturated carbocycles. The molecule has 0 aliphatic carbocycles. The van der Waals surface area contributed by atoms with E-state index in [4.69, 9.17) is 5.73 Å². The molecule has 0 bridgehead atoms. The van der Waals surface area contributed by atoms with Gasteiger partial charge in [-0.3, -0.25) is 4.90 Å². The molecule has 1 aromatic rings. The predicted molar refractivity (Wildman–Crippen MR) is 70.9 cm³/mol. The van der Waals surface area contributed by atoms with Crippen molar-refractivity contribution in [2.45, 2.75) is 31.8 Å². The van der Waals surface area contributed by atoms with E-state index < -0.39 is 0 Å². The molecule has 16 heavy (non-hydrogen) atoms. The Morgan fingerprint density at radius 3 is 2.62 bits per heavy atom. The Bertz CT molecular complexity index is 302. The maximum atomic E-state index is 6.00. The average molecular weight is 241 g/mol. The van der Waals surface area contributed by atoms with E-state index in [1.807, 2.05) is 0 Å². The van der Waals surface area contributed by atoms with Crippen LogP contribution in [0.15, 0.2) is 30.3 Å². The highest BCUT2D eigenvalue weighted by atomic mass is 35.5. The van der Waals surface area contributed by atoms with E-state index in [1.54, 1.807) is 0 Å². The van der Waals surface area contributed by atoms with Gasteiger partial charge in [0.15, 0.2) is 0 Å². The molecule has 1 aliphatic rings. The van der Waals surface area contributed by atoms with E-state index in [9.17, 15) is 0 Å². The van der Waals surface area contributed by atoms with Crippen LogP contribution in [0.5, 0.6) is 0 Å². The summed E-state index contributed by atoms with van der Waals surface area (Å²) in [5.41, 5.74) is 7.39. The van der Waals surface area contributed by atoms with E-state index in [0.717, 1.165) is 6.54 Å². The second-order valence-corrected chi connectivity index (χ2v) is 4.48. The van der Waals surface area contributed by atoms with Crippen LogP contribution in [0.4, 0.5) is 0 Å². The first kappa shape index (κ1) is 13.5. The van der Waals surface area contributed by atoms with Crippen LogP contribution in [0.2, 0.25) is 0 Å². The van der Waals surface area contributed by atoms with Crippen molar-refractivity contribution in [2.75, 3.05) is 13.1 Å². The first-order valence-electron chi connectivity index (χ1n) is 5.82. The summed E-state index contributed by atoms with van der Waals surface area (Å²) in [6.45, 7) is 4.49. The van der Waals surface area contributed by atoms with Crippen molar-refractivity contribution in [3.05, 3.63) is 35.9 Å². The summed E-state index contributed by atoms with van der Waals surface area (Å²) < 4.78 is 0. The van der Waals surface area contributed by atoms with Crippen molar-refractivity contribution >= 4 is 12.4 Å². The fourth-order valence-electron chi connectivity index (χ4n) is 2.33. The highest BCUT2D eigenvalue weighted by Gasteiger charge is 2.21. The minimum atomic E-state index is 0. The lowest BCUT2D eigenvalue weighted by molar-refractivity contribution is 0.159. The van der Waals surface area contributed by atoms with Gasteiger partial charge in [-0.25, -0.2) is 0 Å². The Morgan fingerprint density at radius 1 is 1.31 bits per heavy atom. The van der Waals surface area contributed by atoms with E-state index in [1.165, 1.54) is 24.9 Å². The Kier molecular flexibility index (Phi) is 5.26. The van der Waals surface area contributed by atoms with Gasteiger partial charge in [0.05, 0.1) is 0 Å². The standard InChI is InChI=1S/C13H20N2.ClH/c1-11(12-6-3-2-4-7-12)15-9-5-8-13(14)10-15;/h2-4,6-7,11,13H,5,8-10,14H2,1H3;1H. The maximum Gasteiger partial charge on any atom is 0.0320 e. The van der Waals surface area contributed by atoms with Gasteiger partial charge in [0, 0.05) is 18.6 Å². The summed E-state index contributed by atoms with van der Waals surface area (Å²) in [6.07, 6.45) is 2.41. The Hall–Kier alpha value is -0.570. The molecule has 2 nitrogen and oxygen atoms in total. The number of hydrogen-bond acceptors (Lipinski definition) is 2. The summed E-state index contributed by atoms with van der Waals surface area (Å²) in [6, 6.07) is 11.5. The molecule has 0 radical (unpaired) electrons. The second kappa shape index (κ2) is 6.24. The lowest BCUT2D eigenvalue weighted by Gasteiger charge is -2.35. The molecule has 1 aromatic carbocycles. The fraction of sp³-hybridized carbons (Fsp3) is 0.538. The summed E-state index contributed by atoms with van der Waals surface area (Å²) in [5, 5.41) is 0. The van der Waals surface area contributed by atoms with Crippen LogP contribution in [-0.2, 0) is 0 Å². The smallest absolute Gasteiger partial charge is 0.0320 e. The lowest BCUT2D eigenvalue weighted by Crippen LogP contribution is -2.43. The molecule has 1 fully saturated rings. The van der Waals surface area contributed by atoms with Gasteiger partial charge in [-0.05, 0) is 31.9 Å². The van der Waals surface area contributed by atoms with Crippen LogP contribution >= 0.6 is 12.4 Å². The van der Waals surface area contributed by atoms with E-state index in [-0.39, 0.29) is 12.4 Å². The lowest BCUT2D eigenvalue weighted by atomic mass is 10.0. The van der Waals surface area contributed by atoms with Crippen LogP contribution < -0.4 is 5.73 Å². The predicted octanol–water partition coefficient (Wildman–Crippen LogP) is 2.59. The van der Waals surface area contributed by atoms with Crippen molar-refractivity contribution in [1.82, 2.24) is 4.90 Å². The zero-order valence-electron chi connectivity index (χ0n) is 9.80. The molecule has 1 heterocycles. The van der Waals surface area contributed by atoms with Gasteiger partial charge in [-0.15, -0.1) is 12.4 Å². The quantitative estimate of drug-likeness (QED) is 0.861. The van der Waals surface area contributed by atoms with Crippen LogP contribution in [0.25, 0.3) is 0 Å². The number of nitrogens with zero attached hydrogens (tertiary/aromatic N) is 1. The molecule has 0 spiro atoms. The molecule has 0 aromatic heterocycles. The molecule has 1 saturated heterocycles. The minimum absolute atomic E-state index is 0. The monoisotopic (exact) mass is 240 g/mol. The number of rotatable bonds is 2. The van der Waals surface area contributed by atoms with Crippen molar-refractivity contribution in [3.8, 4) is 0 Å². The van der Waals surface area contributed by atoms with Gasteiger partial charge in [0.25, 0.3) is 0 Å². The van der Waals surface area contributed by atoms with E-state index in [2.05, 4.69) is 42.2 Å². The van der Waals surface area contributed by atoms with Gasteiger partial charge >= 0.3 is 0 Å². The fourth-order valence-corrected chi connectivity index (χ4v) is 2.33. The molecule has 90 valence electrons. The van der Waals surface area contributed by atoms with Crippen molar-refractivity contribution in [2.24, 2.45) is 5.73 Å². The largest absolute Gasteiger partial charge is 0.327 e. The molecule has 0 amide bonds. The number of halogens is 1. The second-order valence-electron chi connectivity index (χ2n) is 4.48. The first-order chi connectivity index (χ1) is 7.27. The van der Waals surface area contributed by atoms with Crippen LogP contribution in [0, 0.1) is 0 Å². The number of benzene rings is 1. The summed E-state index contributed by atoms with van der Waals surface area (Å²) in [5.74, 6) is 0. The molecule has 2 N–H and O–H groups in total. The third-order valence-electron chi connectivity index (χ3n) is 3.32. The number of piperidine rings is 1. The van der Waals surface area contributed by atoms with Gasteiger partial charge in [0.2, 0.25) is 0 Å². The summed E-state index contributed by atoms with van der Waals surface area (Å²) in [7, 11) is 0. The van der Waals surface area contributed by atoms with E-state index in [0.29, 0.717) is 12.1 Å². The minimum Gasteiger partial charge on any atom is -0.327 e. The summed E-state index contributed by atoms with van der Waals surface area (Å²) in [4.78, 5) is 2.49. The topological polar surface area (TPSA) is 29.3 Å². The van der Waals surface area contributed by atoms with Gasteiger partial charge in [-0.2, -0.15) is 0 Å². The molecule has 2 rings (SSSR count). The highest BCUT2D eigenvalue weighted by molar-refractivity contribution is 5.85. The maximum absolute atomic E-state index is 6.00. The molecular weight excluding hydrogens is 220 g/mol. The van der Waals surface area contributed by atoms with Crippen LogP contribution in [-0.4, -0.2) is 24.0 Å². The molecule has 3 heteroatoms. The zero-order valence-corrected chi connectivity index (χ0v) is 10.6. The highest BCUT2D eigenvalue weighted by Crippen LogP contribution is 2.23. The molecule has 1 aliphatic heterocycles. The van der Waals surface area contributed by atoms with Crippen molar-refractivity contribution in [1.29, 1.82) is 0 Å². The number of likely N-dealkylation sites (tertiary alicyclic amines) is 1. The Morgan fingerprint density at radius 2 is 2.00 bits per heavy atom. The van der Waals surface area contributed by atoms with Crippen LogP contribution in [0.3, 0.4) is 0 Å². The number of hydrogen-bond donors (Lipinski definition) is 1. The Labute approximate surface area is 104 Å². The molecular formula is C13H21ClN2. The third-order valence-corrected chi connectivity index (χ3v) is 3.32. The summed E-state index contributed by atoms with van der Waals surface area (Å²) >= 11 is 0. The van der Waals surface area contributed by atoms with Crippen molar-refractivity contribution in [3.63, 3.8) is 0 Å². The number of nitrogens with two attached hydrogens (primary N) is 1. The molecule has 2 atom stereocenters. The first-order valence-corrected chi connectivity index (χ1v) is 5.82. The molecule has 2 unspecified atom stereocenters. The Balaban J connectivity index is 0.00000128. The van der Waals surface area contributed by atoms with Crippen molar-refractivity contribution < 1.29 is 0 Å². The van der Waals surface area contributed by atoms with E-state index >= 15 is 0 Å². The van der Waals surface area contributed by atoms with Gasteiger partial charge in [0.1, 0.15) is 0 Å². The van der Waals surface area contributed by atoms with Gasteiger partial charge in [-0.1, -0.05) is 30.3 Å². The SMILES string of the molecule is CC(c1ccccc1)N1CCCC(N)C1.Cl. The average Bonchev–Trinajstić information content (AvgIpc) is 2.29. The third kappa shape index (κ3) is 3.21. The zero-order chi connectivity index (χ0) is 10.7. The normalized spacial score (nSPS) is 23.5. The van der Waals surface area contributed by atoms with Crippen LogP contribution in [0.1, 0.15) is 31.4 Å². The van der Waals surface area contributed by atoms with Gasteiger partial charge < -0.3 is 5.73 Å².